The van der Waals surface area contributed by atoms with Crippen molar-refractivity contribution in [2.75, 3.05) is 19.6 Å². The molecule has 0 bridgehead atoms. The summed E-state index contributed by atoms with van der Waals surface area (Å²) in [6.07, 6.45) is 4.97. The molecule has 1 fully saturated rings. The fourth-order valence-corrected chi connectivity index (χ4v) is 3.71. The molecule has 112 valence electrons. The van der Waals surface area contributed by atoms with Crippen LogP contribution in [0.15, 0.2) is 22.7 Å². The van der Waals surface area contributed by atoms with E-state index in [0.717, 1.165) is 33.9 Å². The van der Waals surface area contributed by atoms with Crippen molar-refractivity contribution in [2.45, 2.75) is 38.6 Å². The molecule has 2 N–H and O–H groups in total. The maximum atomic E-state index is 6.29. The van der Waals surface area contributed by atoms with E-state index in [2.05, 4.69) is 27.8 Å². The third-order valence-electron chi connectivity index (χ3n) is 4.40. The van der Waals surface area contributed by atoms with Crippen LogP contribution in [0.4, 0.5) is 0 Å². The van der Waals surface area contributed by atoms with Gasteiger partial charge in [0.1, 0.15) is 0 Å². The highest BCUT2D eigenvalue weighted by atomic mass is 79.9. The molecule has 20 heavy (non-hydrogen) atoms. The van der Waals surface area contributed by atoms with Gasteiger partial charge in [-0.3, -0.25) is 0 Å². The van der Waals surface area contributed by atoms with Gasteiger partial charge in [-0.05, 0) is 62.5 Å². The van der Waals surface area contributed by atoms with Crippen LogP contribution >= 0.6 is 27.5 Å². The summed E-state index contributed by atoms with van der Waals surface area (Å²) in [6, 6.07) is 5.98. The van der Waals surface area contributed by atoms with Crippen molar-refractivity contribution in [3.63, 3.8) is 0 Å². The third-order valence-corrected chi connectivity index (χ3v) is 5.22. The summed E-state index contributed by atoms with van der Waals surface area (Å²) in [6.45, 7) is 5.81. The van der Waals surface area contributed by atoms with Gasteiger partial charge in [0.15, 0.2) is 0 Å². The zero-order valence-corrected chi connectivity index (χ0v) is 14.5. The van der Waals surface area contributed by atoms with E-state index in [1.165, 1.54) is 32.4 Å². The van der Waals surface area contributed by atoms with Crippen LogP contribution < -0.4 is 5.73 Å². The highest BCUT2D eigenvalue weighted by Crippen LogP contribution is 2.27. The van der Waals surface area contributed by atoms with Gasteiger partial charge in [0, 0.05) is 15.5 Å². The number of nitrogens with zero attached hydrogens (tertiary/aromatic N) is 1. The fourth-order valence-electron chi connectivity index (χ4n) is 2.90. The van der Waals surface area contributed by atoms with E-state index in [4.69, 9.17) is 17.3 Å². The summed E-state index contributed by atoms with van der Waals surface area (Å²) in [5.41, 5.74) is 7.34. The van der Waals surface area contributed by atoms with E-state index >= 15 is 0 Å². The molecule has 1 unspecified atom stereocenters. The van der Waals surface area contributed by atoms with Gasteiger partial charge in [0.05, 0.1) is 0 Å². The Balaban J connectivity index is 1.82. The summed E-state index contributed by atoms with van der Waals surface area (Å²) in [7, 11) is 0. The van der Waals surface area contributed by atoms with E-state index in [1.807, 2.05) is 18.2 Å². The average Bonchev–Trinajstić information content (AvgIpc) is 2.45. The molecule has 1 aliphatic rings. The lowest BCUT2D eigenvalue weighted by Gasteiger charge is -2.32. The van der Waals surface area contributed by atoms with E-state index < -0.39 is 0 Å². The van der Waals surface area contributed by atoms with Crippen molar-refractivity contribution >= 4 is 27.5 Å². The van der Waals surface area contributed by atoms with Crippen LogP contribution in [0.2, 0.25) is 5.02 Å². The molecule has 0 aliphatic carbocycles. The highest BCUT2D eigenvalue weighted by molar-refractivity contribution is 9.10. The SMILES string of the molecule is CCC1CCN(CCC(N)c2ccc(Br)cc2Cl)CC1. The normalized spacial score (nSPS) is 19.2. The van der Waals surface area contributed by atoms with Crippen LogP contribution in [0, 0.1) is 5.92 Å². The minimum Gasteiger partial charge on any atom is -0.324 e. The zero-order chi connectivity index (χ0) is 14.5. The van der Waals surface area contributed by atoms with E-state index in [0.29, 0.717) is 0 Å². The summed E-state index contributed by atoms with van der Waals surface area (Å²) >= 11 is 9.69. The second-order valence-electron chi connectivity index (χ2n) is 5.75. The van der Waals surface area contributed by atoms with Crippen LogP contribution in [0.1, 0.15) is 44.2 Å². The van der Waals surface area contributed by atoms with Crippen molar-refractivity contribution in [3.8, 4) is 0 Å². The molecule has 1 heterocycles. The number of piperidine rings is 1. The molecule has 0 aromatic heterocycles. The number of benzene rings is 1. The first-order valence-electron chi connectivity index (χ1n) is 7.53. The van der Waals surface area contributed by atoms with E-state index in [1.54, 1.807) is 0 Å². The summed E-state index contributed by atoms with van der Waals surface area (Å²) < 4.78 is 1.00. The number of likely N-dealkylation sites (tertiary alicyclic amines) is 1. The Labute approximate surface area is 135 Å². The van der Waals surface area contributed by atoms with Crippen molar-refractivity contribution in [1.82, 2.24) is 4.90 Å². The molecule has 2 rings (SSSR count). The second kappa shape index (κ2) is 7.79. The minimum atomic E-state index is 0.0273. The first-order valence-corrected chi connectivity index (χ1v) is 8.70. The Morgan fingerprint density at radius 1 is 1.40 bits per heavy atom. The van der Waals surface area contributed by atoms with Crippen molar-refractivity contribution in [2.24, 2.45) is 11.7 Å². The van der Waals surface area contributed by atoms with Gasteiger partial charge in [0.2, 0.25) is 0 Å². The van der Waals surface area contributed by atoms with Gasteiger partial charge >= 0.3 is 0 Å². The summed E-state index contributed by atoms with van der Waals surface area (Å²) in [5.74, 6) is 0.931. The van der Waals surface area contributed by atoms with Crippen molar-refractivity contribution in [3.05, 3.63) is 33.3 Å². The van der Waals surface area contributed by atoms with Gasteiger partial charge < -0.3 is 10.6 Å². The molecule has 1 aliphatic heterocycles. The van der Waals surface area contributed by atoms with Gasteiger partial charge in [-0.25, -0.2) is 0 Å². The Hall–Kier alpha value is -0.0900. The van der Waals surface area contributed by atoms with Crippen molar-refractivity contribution < 1.29 is 0 Å². The Bertz CT molecular complexity index is 430. The predicted molar refractivity (Wildman–Crippen MR) is 90.2 cm³/mol. The molecule has 4 heteroatoms. The molecule has 0 radical (unpaired) electrons. The van der Waals surface area contributed by atoms with E-state index in [9.17, 15) is 0 Å². The smallest absolute Gasteiger partial charge is 0.0464 e. The lowest BCUT2D eigenvalue weighted by atomic mass is 9.94. The highest BCUT2D eigenvalue weighted by Gasteiger charge is 2.19. The van der Waals surface area contributed by atoms with Gasteiger partial charge in [-0.15, -0.1) is 0 Å². The van der Waals surface area contributed by atoms with Gasteiger partial charge in [-0.2, -0.15) is 0 Å². The number of hydrogen-bond donors (Lipinski definition) is 1. The molecule has 1 atom stereocenters. The van der Waals surface area contributed by atoms with Crippen LogP contribution in [-0.2, 0) is 0 Å². The first-order chi connectivity index (χ1) is 9.60. The maximum absolute atomic E-state index is 6.29. The minimum absolute atomic E-state index is 0.0273. The molecular formula is C16H24BrClN2. The predicted octanol–water partition coefficient (Wildman–Crippen LogP) is 4.61. The van der Waals surface area contributed by atoms with Crippen molar-refractivity contribution in [1.29, 1.82) is 0 Å². The maximum Gasteiger partial charge on any atom is 0.0464 e. The van der Waals surface area contributed by atoms with Crippen LogP contribution in [0.25, 0.3) is 0 Å². The lowest BCUT2D eigenvalue weighted by molar-refractivity contribution is 0.177. The summed E-state index contributed by atoms with van der Waals surface area (Å²) in [5, 5.41) is 0.761. The van der Waals surface area contributed by atoms with E-state index in [-0.39, 0.29) is 6.04 Å². The number of nitrogens with two attached hydrogens (primary N) is 1. The second-order valence-corrected chi connectivity index (χ2v) is 7.08. The lowest BCUT2D eigenvalue weighted by Crippen LogP contribution is -2.35. The Morgan fingerprint density at radius 3 is 2.70 bits per heavy atom. The standard InChI is InChI=1S/C16H24BrClN2/c1-2-12-5-8-20(9-6-12)10-7-16(19)14-4-3-13(17)11-15(14)18/h3-4,11-12,16H,2,5-10,19H2,1H3. The average molecular weight is 360 g/mol. The topological polar surface area (TPSA) is 29.3 Å². The largest absolute Gasteiger partial charge is 0.324 e. The molecule has 0 amide bonds. The fraction of sp³-hybridized carbons (Fsp3) is 0.625. The molecule has 1 aromatic rings. The molecular weight excluding hydrogens is 336 g/mol. The molecule has 1 saturated heterocycles. The third kappa shape index (κ3) is 4.45. The van der Waals surface area contributed by atoms with Crippen LogP contribution in [-0.4, -0.2) is 24.5 Å². The van der Waals surface area contributed by atoms with Gasteiger partial charge in [0.25, 0.3) is 0 Å². The summed E-state index contributed by atoms with van der Waals surface area (Å²) in [4.78, 5) is 2.54. The Kier molecular flexibility index (Phi) is 6.34. The molecule has 0 spiro atoms. The monoisotopic (exact) mass is 358 g/mol. The van der Waals surface area contributed by atoms with Crippen LogP contribution in [0.5, 0.6) is 0 Å². The number of halogens is 2. The first kappa shape index (κ1) is 16.3. The quantitative estimate of drug-likeness (QED) is 0.831. The molecule has 0 saturated carbocycles. The molecule has 1 aromatic carbocycles. The number of hydrogen-bond acceptors (Lipinski definition) is 2. The zero-order valence-electron chi connectivity index (χ0n) is 12.1. The van der Waals surface area contributed by atoms with Crippen LogP contribution in [0.3, 0.4) is 0 Å². The molecule has 2 nitrogen and oxygen atoms in total. The van der Waals surface area contributed by atoms with Gasteiger partial charge in [-0.1, -0.05) is 46.9 Å². The Morgan fingerprint density at radius 2 is 2.10 bits per heavy atom. The number of rotatable bonds is 5.